The summed E-state index contributed by atoms with van der Waals surface area (Å²) >= 11 is 0. The highest BCUT2D eigenvalue weighted by Gasteiger charge is 2.25. The van der Waals surface area contributed by atoms with E-state index in [9.17, 15) is 9.18 Å². The monoisotopic (exact) mass is 440 g/mol. The van der Waals surface area contributed by atoms with Crippen LogP contribution in [0.3, 0.4) is 0 Å². The fraction of sp³-hybridized carbons (Fsp3) is 0.360. The van der Waals surface area contributed by atoms with Gasteiger partial charge in [0.2, 0.25) is 0 Å². The number of halogens is 1. The van der Waals surface area contributed by atoms with E-state index in [4.69, 9.17) is 19.2 Å². The molecule has 0 unspecified atom stereocenters. The maximum Gasteiger partial charge on any atom is 0.340 e. The molecule has 0 spiro atoms. The number of esters is 1. The zero-order valence-corrected chi connectivity index (χ0v) is 19.2. The number of nitrogens with zero attached hydrogens (tertiary/aromatic N) is 2. The molecular weight excluding hydrogens is 411 g/mol. The molecule has 0 aliphatic heterocycles. The average Bonchev–Trinajstić information content (AvgIpc) is 2.81. The number of fused-ring (bicyclic) bond motifs is 1. The number of hydrogen-bond acceptors (Lipinski definition) is 6. The third-order valence-corrected chi connectivity index (χ3v) is 5.45. The summed E-state index contributed by atoms with van der Waals surface area (Å²) in [4.78, 5) is 20.2. The molecule has 0 atom stereocenters. The Morgan fingerprint density at radius 2 is 1.62 bits per heavy atom. The Morgan fingerprint density at radius 1 is 1.00 bits per heavy atom. The van der Waals surface area contributed by atoms with Crippen LogP contribution in [0.25, 0.3) is 22.0 Å². The first-order chi connectivity index (χ1) is 15.5. The summed E-state index contributed by atoms with van der Waals surface area (Å²) in [5, 5.41) is 0.695. The summed E-state index contributed by atoms with van der Waals surface area (Å²) in [6.07, 6.45) is 0. The summed E-state index contributed by atoms with van der Waals surface area (Å²) < 4.78 is 30.1. The Balaban J connectivity index is 2.43. The van der Waals surface area contributed by atoms with Gasteiger partial charge in [0, 0.05) is 23.6 Å². The molecule has 0 bridgehead atoms. The first kappa shape index (κ1) is 23.5. The lowest BCUT2D eigenvalue weighted by atomic mass is 9.93. The normalized spacial score (nSPS) is 11.1. The van der Waals surface area contributed by atoms with Crippen molar-refractivity contribution in [3.8, 4) is 22.6 Å². The topological polar surface area (TPSA) is 60.9 Å². The second-order valence-corrected chi connectivity index (χ2v) is 7.22. The van der Waals surface area contributed by atoms with Gasteiger partial charge in [-0.3, -0.25) is 9.88 Å². The van der Waals surface area contributed by atoms with Crippen molar-refractivity contribution in [1.82, 2.24) is 9.88 Å². The van der Waals surface area contributed by atoms with Crippen LogP contribution in [0, 0.1) is 5.82 Å². The van der Waals surface area contributed by atoms with Gasteiger partial charge < -0.3 is 14.2 Å². The van der Waals surface area contributed by atoms with Crippen LogP contribution in [-0.2, 0) is 11.3 Å². The van der Waals surface area contributed by atoms with E-state index in [1.807, 2.05) is 0 Å². The summed E-state index contributed by atoms with van der Waals surface area (Å²) in [5.41, 5.74) is 2.96. The standard InChI is InChI=1S/C25H29FN2O4/c1-6-28(7-2)15-20-24(25(29)32-8-3)23(16-9-11-17(26)12-10-16)18-13-21(30-4)22(31-5)14-19(18)27-20/h9-14H,6-8,15H2,1-5H3. The second-order valence-electron chi connectivity index (χ2n) is 7.22. The number of aromatic nitrogens is 1. The van der Waals surface area contributed by atoms with Gasteiger partial charge in [-0.25, -0.2) is 9.18 Å². The van der Waals surface area contributed by atoms with Gasteiger partial charge in [-0.2, -0.15) is 0 Å². The number of rotatable bonds is 9. The van der Waals surface area contributed by atoms with Crippen molar-refractivity contribution in [1.29, 1.82) is 0 Å². The zero-order chi connectivity index (χ0) is 23.3. The SMILES string of the molecule is CCOC(=O)c1c(CN(CC)CC)nc2cc(OC)c(OC)cc2c1-c1ccc(F)cc1. The average molecular weight is 441 g/mol. The van der Waals surface area contributed by atoms with Crippen LogP contribution in [0.1, 0.15) is 36.8 Å². The molecule has 7 heteroatoms. The molecule has 170 valence electrons. The number of methoxy groups -OCH3 is 2. The maximum absolute atomic E-state index is 13.7. The number of ether oxygens (including phenoxy) is 3. The van der Waals surface area contributed by atoms with Crippen LogP contribution in [0.2, 0.25) is 0 Å². The number of carbonyl (C=O) groups is 1. The van der Waals surface area contributed by atoms with Gasteiger partial charge in [-0.15, -0.1) is 0 Å². The predicted molar refractivity (Wildman–Crippen MR) is 123 cm³/mol. The minimum atomic E-state index is -0.460. The molecule has 0 saturated heterocycles. The van der Waals surface area contributed by atoms with Gasteiger partial charge in [0.1, 0.15) is 5.82 Å². The van der Waals surface area contributed by atoms with Crippen molar-refractivity contribution < 1.29 is 23.4 Å². The van der Waals surface area contributed by atoms with E-state index < -0.39 is 5.97 Å². The number of pyridine rings is 1. The lowest BCUT2D eigenvalue weighted by Crippen LogP contribution is -2.25. The summed E-state index contributed by atoms with van der Waals surface area (Å²) in [6.45, 7) is 8.19. The van der Waals surface area contributed by atoms with E-state index in [-0.39, 0.29) is 12.4 Å². The van der Waals surface area contributed by atoms with Gasteiger partial charge in [0.15, 0.2) is 11.5 Å². The van der Waals surface area contributed by atoms with Crippen molar-refractivity contribution in [3.63, 3.8) is 0 Å². The maximum atomic E-state index is 13.7. The highest BCUT2D eigenvalue weighted by Crippen LogP contribution is 2.39. The van der Waals surface area contributed by atoms with Gasteiger partial charge >= 0.3 is 5.97 Å². The van der Waals surface area contributed by atoms with E-state index >= 15 is 0 Å². The van der Waals surface area contributed by atoms with Crippen LogP contribution in [0.5, 0.6) is 11.5 Å². The minimum absolute atomic E-state index is 0.233. The van der Waals surface area contributed by atoms with E-state index in [0.29, 0.717) is 51.3 Å². The third-order valence-electron chi connectivity index (χ3n) is 5.45. The molecule has 1 heterocycles. The smallest absolute Gasteiger partial charge is 0.340 e. The van der Waals surface area contributed by atoms with Crippen LogP contribution >= 0.6 is 0 Å². The van der Waals surface area contributed by atoms with E-state index in [1.165, 1.54) is 12.1 Å². The molecule has 6 nitrogen and oxygen atoms in total. The molecule has 0 aliphatic rings. The summed E-state index contributed by atoms with van der Waals surface area (Å²) in [6, 6.07) is 9.66. The van der Waals surface area contributed by atoms with Gasteiger partial charge in [-0.1, -0.05) is 26.0 Å². The van der Waals surface area contributed by atoms with Crippen LogP contribution < -0.4 is 9.47 Å². The molecule has 32 heavy (non-hydrogen) atoms. The molecule has 0 fully saturated rings. The lowest BCUT2D eigenvalue weighted by Gasteiger charge is -2.22. The zero-order valence-electron chi connectivity index (χ0n) is 19.2. The third kappa shape index (κ3) is 4.67. The van der Waals surface area contributed by atoms with E-state index in [2.05, 4.69) is 18.7 Å². The van der Waals surface area contributed by atoms with Gasteiger partial charge in [0.25, 0.3) is 0 Å². The summed E-state index contributed by atoms with van der Waals surface area (Å²) in [5.74, 6) is 0.234. The van der Waals surface area contributed by atoms with Crippen molar-refractivity contribution >= 4 is 16.9 Å². The van der Waals surface area contributed by atoms with Crippen molar-refractivity contribution in [2.45, 2.75) is 27.3 Å². The Hall–Kier alpha value is -3.19. The van der Waals surface area contributed by atoms with Crippen molar-refractivity contribution in [3.05, 3.63) is 53.5 Å². The minimum Gasteiger partial charge on any atom is -0.493 e. The van der Waals surface area contributed by atoms with E-state index in [1.54, 1.807) is 45.4 Å². The number of benzene rings is 2. The number of hydrogen-bond donors (Lipinski definition) is 0. The van der Waals surface area contributed by atoms with Crippen molar-refractivity contribution in [2.75, 3.05) is 33.9 Å². The Bertz CT molecular complexity index is 1100. The first-order valence-corrected chi connectivity index (χ1v) is 10.7. The Labute approximate surface area is 187 Å². The molecular formula is C25H29FN2O4. The molecule has 0 saturated carbocycles. The van der Waals surface area contributed by atoms with Crippen LogP contribution in [0.4, 0.5) is 4.39 Å². The predicted octanol–water partition coefficient (Wildman–Crippen LogP) is 5.08. The Morgan fingerprint density at radius 3 is 2.19 bits per heavy atom. The van der Waals surface area contributed by atoms with Crippen LogP contribution in [0.15, 0.2) is 36.4 Å². The first-order valence-electron chi connectivity index (χ1n) is 10.7. The highest BCUT2D eigenvalue weighted by atomic mass is 19.1. The van der Waals surface area contributed by atoms with Crippen molar-refractivity contribution in [2.24, 2.45) is 0 Å². The molecule has 2 aromatic carbocycles. The highest BCUT2D eigenvalue weighted by molar-refractivity contribution is 6.08. The molecule has 0 amide bonds. The molecule has 3 aromatic rings. The van der Waals surface area contributed by atoms with Crippen LogP contribution in [-0.4, -0.2) is 49.8 Å². The summed E-state index contributed by atoms with van der Waals surface area (Å²) in [7, 11) is 3.12. The number of carbonyl (C=O) groups excluding carboxylic acids is 1. The van der Waals surface area contributed by atoms with Gasteiger partial charge in [0.05, 0.1) is 37.6 Å². The lowest BCUT2D eigenvalue weighted by molar-refractivity contribution is 0.0524. The van der Waals surface area contributed by atoms with E-state index in [0.717, 1.165) is 13.1 Å². The quantitative estimate of drug-likeness (QED) is 0.433. The fourth-order valence-electron chi connectivity index (χ4n) is 3.75. The van der Waals surface area contributed by atoms with Gasteiger partial charge in [-0.05, 0) is 43.8 Å². The molecule has 3 rings (SSSR count). The molecule has 0 aliphatic carbocycles. The Kier molecular flexibility index (Phi) is 7.64. The largest absolute Gasteiger partial charge is 0.493 e. The molecule has 0 radical (unpaired) electrons. The molecule has 1 aromatic heterocycles. The fourth-order valence-corrected chi connectivity index (χ4v) is 3.75. The second kappa shape index (κ2) is 10.4. The molecule has 0 N–H and O–H groups in total.